The van der Waals surface area contributed by atoms with Crippen LogP contribution in [0.15, 0.2) is 42.7 Å². The zero-order valence-electron chi connectivity index (χ0n) is 14.3. The Balaban J connectivity index is 1.63. The third kappa shape index (κ3) is 4.03. The lowest BCUT2D eigenvalue weighted by Gasteiger charge is -2.32. The van der Waals surface area contributed by atoms with Gasteiger partial charge in [0.15, 0.2) is 0 Å². The Bertz CT molecular complexity index is 668. The van der Waals surface area contributed by atoms with Crippen LogP contribution in [0.5, 0.6) is 0 Å². The molecule has 24 heavy (non-hydrogen) atoms. The van der Waals surface area contributed by atoms with E-state index in [1.807, 2.05) is 44.6 Å². The van der Waals surface area contributed by atoms with Crippen molar-refractivity contribution in [1.29, 1.82) is 0 Å². The summed E-state index contributed by atoms with van der Waals surface area (Å²) in [5, 5.41) is 7.42. The van der Waals surface area contributed by atoms with E-state index in [1.54, 1.807) is 4.68 Å². The van der Waals surface area contributed by atoms with Crippen molar-refractivity contribution in [2.45, 2.75) is 38.3 Å². The van der Waals surface area contributed by atoms with Gasteiger partial charge in [0, 0.05) is 31.3 Å². The fraction of sp³-hybridized carbons (Fsp3) is 0.474. The molecule has 2 heterocycles. The SMILES string of the molecule is CC(Cc1ccccc1)C(=O)N[C@H]1CCCO[C@@H]1c1cnn(C)c1. The summed E-state index contributed by atoms with van der Waals surface area (Å²) in [7, 11) is 1.89. The standard InChI is InChI=1S/C19H25N3O2/c1-14(11-15-7-4-3-5-8-15)19(23)21-17-9-6-10-24-18(17)16-12-20-22(2)13-16/h3-5,7-8,12-14,17-18H,6,9-11H2,1-2H3,(H,21,23)/t14?,17-,18+/m0/s1. The largest absolute Gasteiger partial charge is 0.371 e. The Morgan fingerprint density at radius 2 is 2.21 bits per heavy atom. The van der Waals surface area contributed by atoms with E-state index in [0.717, 1.165) is 31.4 Å². The van der Waals surface area contributed by atoms with Crippen LogP contribution in [-0.4, -0.2) is 28.3 Å². The summed E-state index contributed by atoms with van der Waals surface area (Å²) in [6, 6.07) is 10.1. The second-order valence-electron chi connectivity index (χ2n) is 6.59. The molecular weight excluding hydrogens is 302 g/mol. The second-order valence-corrected chi connectivity index (χ2v) is 6.59. The summed E-state index contributed by atoms with van der Waals surface area (Å²) in [6.07, 6.45) is 6.32. The van der Waals surface area contributed by atoms with Gasteiger partial charge in [0.2, 0.25) is 5.91 Å². The number of rotatable bonds is 5. The lowest BCUT2D eigenvalue weighted by Crippen LogP contribution is -2.45. The molecule has 1 aromatic carbocycles. The van der Waals surface area contributed by atoms with Gasteiger partial charge in [0.1, 0.15) is 6.10 Å². The van der Waals surface area contributed by atoms with Crippen LogP contribution in [0.25, 0.3) is 0 Å². The third-order valence-corrected chi connectivity index (χ3v) is 4.54. The van der Waals surface area contributed by atoms with Crippen molar-refractivity contribution >= 4 is 5.91 Å². The zero-order valence-corrected chi connectivity index (χ0v) is 14.3. The molecule has 1 amide bonds. The van der Waals surface area contributed by atoms with Gasteiger partial charge in [-0.05, 0) is 24.8 Å². The van der Waals surface area contributed by atoms with Gasteiger partial charge in [-0.1, -0.05) is 37.3 Å². The quantitative estimate of drug-likeness (QED) is 0.918. The molecule has 128 valence electrons. The molecule has 0 spiro atoms. The number of amides is 1. The highest BCUT2D eigenvalue weighted by Crippen LogP contribution is 2.28. The van der Waals surface area contributed by atoms with Gasteiger partial charge in [-0.3, -0.25) is 9.48 Å². The molecule has 3 atom stereocenters. The number of nitrogens with one attached hydrogen (secondary N) is 1. The highest BCUT2D eigenvalue weighted by atomic mass is 16.5. The normalized spacial score (nSPS) is 22.1. The lowest BCUT2D eigenvalue weighted by atomic mass is 9.95. The number of aromatic nitrogens is 2. The van der Waals surface area contributed by atoms with Crippen LogP contribution in [0.4, 0.5) is 0 Å². The van der Waals surface area contributed by atoms with E-state index in [-0.39, 0.29) is 24.0 Å². The fourth-order valence-corrected chi connectivity index (χ4v) is 3.23. The molecular formula is C19H25N3O2. The second kappa shape index (κ2) is 7.62. The Morgan fingerprint density at radius 3 is 2.92 bits per heavy atom. The van der Waals surface area contributed by atoms with Crippen molar-refractivity contribution < 1.29 is 9.53 Å². The highest BCUT2D eigenvalue weighted by molar-refractivity contribution is 5.79. The Morgan fingerprint density at radius 1 is 1.42 bits per heavy atom. The van der Waals surface area contributed by atoms with Crippen molar-refractivity contribution in [3.63, 3.8) is 0 Å². The van der Waals surface area contributed by atoms with E-state index >= 15 is 0 Å². The number of carbonyl (C=O) groups is 1. The monoisotopic (exact) mass is 327 g/mol. The molecule has 5 nitrogen and oxygen atoms in total. The van der Waals surface area contributed by atoms with Crippen molar-refractivity contribution in [1.82, 2.24) is 15.1 Å². The number of benzene rings is 1. The van der Waals surface area contributed by atoms with Crippen molar-refractivity contribution in [2.24, 2.45) is 13.0 Å². The molecule has 1 aliphatic heterocycles. The maximum absolute atomic E-state index is 12.6. The third-order valence-electron chi connectivity index (χ3n) is 4.54. The Kier molecular flexibility index (Phi) is 5.30. The molecule has 1 fully saturated rings. The molecule has 0 bridgehead atoms. The van der Waals surface area contributed by atoms with Gasteiger partial charge in [-0.25, -0.2) is 0 Å². The van der Waals surface area contributed by atoms with Crippen LogP contribution >= 0.6 is 0 Å². The number of nitrogens with zero attached hydrogens (tertiary/aromatic N) is 2. The predicted molar refractivity (Wildman–Crippen MR) is 92.4 cm³/mol. The van der Waals surface area contributed by atoms with Crippen LogP contribution in [0, 0.1) is 5.92 Å². The van der Waals surface area contributed by atoms with Gasteiger partial charge in [0.25, 0.3) is 0 Å². The maximum atomic E-state index is 12.6. The summed E-state index contributed by atoms with van der Waals surface area (Å²) in [6.45, 7) is 2.70. The summed E-state index contributed by atoms with van der Waals surface area (Å²) in [5.74, 6) is 0.0205. The van der Waals surface area contributed by atoms with Crippen LogP contribution in [0.3, 0.4) is 0 Å². The van der Waals surface area contributed by atoms with E-state index in [2.05, 4.69) is 22.5 Å². The lowest BCUT2D eigenvalue weighted by molar-refractivity contribution is -0.127. The first-order valence-electron chi connectivity index (χ1n) is 8.58. The topological polar surface area (TPSA) is 56.1 Å². The highest BCUT2D eigenvalue weighted by Gasteiger charge is 2.30. The number of ether oxygens (including phenoxy) is 1. The molecule has 1 N–H and O–H groups in total. The van der Waals surface area contributed by atoms with E-state index in [9.17, 15) is 4.79 Å². The first-order valence-corrected chi connectivity index (χ1v) is 8.58. The summed E-state index contributed by atoms with van der Waals surface area (Å²) < 4.78 is 7.69. The minimum absolute atomic E-state index is 0.00803. The first-order chi connectivity index (χ1) is 11.6. The molecule has 3 rings (SSSR count). The number of hydrogen-bond donors (Lipinski definition) is 1. The number of aryl methyl sites for hydroxylation is 1. The summed E-state index contributed by atoms with van der Waals surface area (Å²) >= 11 is 0. The maximum Gasteiger partial charge on any atom is 0.223 e. The fourth-order valence-electron chi connectivity index (χ4n) is 3.23. The van der Waals surface area contributed by atoms with Crippen LogP contribution in [-0.2, 0) is 23.0 Å². The van der Waals surface area contributed by atoms with Gasteiger partial charge in [-0.15, -0.1) is 0 Å². The zero-order chi connectivity index (χ0) is 16.9. The number of hydrogen-bond acceptors (Lipinski definition) is 3. The van der Waals surface area contributed by atoms with Gasteiger partial charge >= 0.3 is 0 Å². The smallest absolute Gasteiger partial charge is 0.223 e. The summed E-state index contributed by atoms with van der Waals surface area (Å²) in [5.41, 5.74) is 2.21. The molecule has 2 aromatic rings. The predicted octanol–water partition coefficient (Wildman–Crippen LogP) is 2.64. The van der Waals surface area contributed by atoms with E-state index in [0.29, 0.717) is 0 Å². The van der Waals surface area contributed by atoms with E-state index in [1.165, 1.54) is 5.56 Å². The average molecular weight is 327 g/mol. The van der Waals surface area contributed by atoms with Gasteiger partial charge in [-0.2, -0.15) is 5.10 Å². The molecule has 1 unspecified atom stereocenters. The molecule has 0 saturated carbocycles. The van der Waals surface area contributed by atoms with E-state index in [4.69, 9.17) is 4.74 Å². The van der Waals surface area contributed by atoms with Gasteiger partial charge < -0.3 is 10.1 Å². The van der Waals surface area contributed by atoms with Crippen molar-refractivity contribution in [3.8, 4) is 0 Å². The molecule has 1 aliphatic rings. The molecule has 1 aromatic heterocycles. The minimum atomic E-state index is -0.111. The molecule has 1 saturated heterocycles. The minimum Gasteiger partial charge on any atom is -0.371 e. The first kappa shape index (κ1) is 16.7. The van der Waals surface area contributed by atoms with Crippen molar-refractivity contribution in [3.05, 3.63) is 53.9 Å². The van der Waals surface area contributed by atoms with Crippen molar-refractivity contribution in [2.75, 3.05) is 6.61 Å². The van der Waals surface area contributed by atoms with Crippen LogP contribution in [0.2, 0.25) is 0 Å². The van der Waals surface area contributed by atoms with Gasteiger partial charge in [0.05, 0.1) is 12.2 Å². The Labute approximate surface area is 143 Å². The van der Waals surface area contributed by atoms with Crippen LogP contribution < -0.4 is 5.32 Å². The molecule has 0 radical (unpaired) electrons. The van der Waals surface area contributed by atoms with E-state index < -0.39 is 0 Å². The summed E-state index contributed by atoms with van der Waals surface area (Å²) in [4.78, 5) is 12.6. The van der Waals surface area contributed by atoms with Crippen LogP contribution in [0.1, 0.15) is 37.0 Å². The average Bonchev–Trinajstić information content (AvgIpc) is 3.02. The molecule has 0 aliphatic carbocycles. The number of carbonyl (C=O) groups excluding carboxylic acids is 1. The molecule has 5 heteroatoms. The Hall–Kier alpha value is -2.14.